The molecule has 3 rings (SSSR count). The molecule has 0 unspecified atom stereocenters. The molecule has 104 valence electrons. The van der Waals surface area contributed by atoms with Crippen LogP contribution in [-0.4, -0.2) is 20.9 Å². The number of hydrogen-bond acceptors (Lipinski definition) is 3. The van der Waals surface area contributed by atoms with Gasteiger partial charge in [-0.3, -0.25) is 4.68 Å². The van der Waals surface area contributed by atoms with E-state index in [2.05, 4.69) is 17.2 Å². The van der Waals surface area contributed by atoms with E-state index in [4.69, 9.17) is 5.73 Å². The molecule has 1 fully saturated rings. The predicted octanol–water partition coefficient (Wildman–Crippen LogP) is 2.36. The Morgan fingerprint density at radius 3 is 2.55 bits per heavy atom. The highest BCUT2D eigenvalue weighted by molar-refractivity contribution is 5.94. The number of aryl methyl sites for hydroxylation is 1. The molecule has 5 nitrogen and oxygen atoms in total. The van der Waals surface area contributed by atoms with E-state index in [1.54, 1.807) is 7.05 Å². The summed E-state index contributed by atoms with van der Waals surface area (Å²) in [6, 6.07) is 10.3. The number of nitrogen functional groups attached to an aromatic ring is 1. The Kier molecular flexibility index (Phi) is 2.97. The largest absolute Gasteiger partial charge is 0.477 e. The van der Waals surface area contributed by atoms with E-state index in [9.17, 15) is 9.90 Å². The van der Waals surface area contributed by atoms with Gasteiger partial charge in [0.25, 0.3) is 0 Å². The van der Waals surface area contributed by atoms with Gasteiger partial charge in [0.15, 0.2) is 0 Å². The van der Waals surface area contributed by atoms with Crippen LogP contribution in [-0.2, 0) is 7.05 Å². The first kappa shape index (κ1) is 12.7. The van der Waals surface area contributed by atoms with Crippen molar-refractivity contribution in [3.8, 4) is 0 Å². The number of aromatic nitrogens is 2. The van der Waals surface area contributed by atoms with Crippen molar-refractivity contribution in [2.24, 2.45) is 7.05 Å². The molecular weight excluding hydrogens is 254 g/mol. The Hall–Kier alpha value is -2.30. The van der Waals surface area contributed by atoms with Crippen molar-refractivity contribution in [3.63, 3.8) is 0 Å². The quantitative estimate of drug-likeness (QED) is 0.898. The Morgan fingerprint density at radius 1 is 1.30 bits per heavy atom. The van der Waals surface area contributed by atoms with Crippen molar-refractivity contribution < 1.29 is 9.90 Å². The number of carboxylic acids is 1. The summed E-state index contributed by atoms with van der Waals surface area (Å²) >= 11 is 0. The van der Waals surface area contributed by atoms with Gasteiger partial charge in [-0.2, -0.15) is 5.10 Å². The third-order valence-electron chi connectivity index (χ3n) is 4.13. The van der Waals surface area contributed by atoms with Gasteiger partial charge in [-0.15, -0.1) is 0 Å². The SMILES string of the molecule is Cn1nc(C2CC(c3ccccc3)C2)c(C(=O)O)c1N. The molecule has 0 radical (unpaired) electrons. The minimum absolute atomic E-state index is 0.170. The zero-order valence-corrected chi connectivity index (χ0v) is 11.3. The number of rotatable bonds is 3. The highest BCUT2D eigenvalue weighted by Gasteiger charge is 2.36. The fourth-order valence-electron chi connectivity index (χ4n) is 2.90. The van der Waals surface area contributed by atoms with Gasteiger partial charge in [0.2, 0.25) is 0 Å². The van der Waals surface area contributed by atoms with Crippen LogP contribution in [0.5, 0.6) is 0 Å². The average molecular weight is 271 g/mol. The second kappa shape index (κ2) is 4.67. The van der Waals surface area contributed by atoms with E-state index in [0.717, 1.165) is 12.8 Å². The number of carbonyl (C=O) groups is 1. The lowest BCUT2D eigenvalue weighted by molar-refractivity contribution is 0.0695. The lowest BCUT2D eigenvalue weighted by atomic mass is 9.69. The van der Waals surface area contributed by atoms with Crippen LogP contribution in [0.4, 0.5) is 5.82 Å². The molecule has 2 aromatic rings. The second-order valence-electron chi connectivity index (χ2n) is 5.35. The maximum atomic E-state index is 11.3. The molecule has 1 heterocycles. The van der Waals surface area contributed by atoms with Crippen molar-refractivity contribution in [1.29, 1.82) is 0 Å². The number of aromatic carboxylic acids is 1. The maximum Gasteiger partial charge on any atom is 0.341 e. The minimum atomic E-state index is -0.992. The van der Waals surface area contributed by atoms with Gasteiger partial charge in [0.1, 0.15) is 11.4 Å². The van der Waals surface area contributed by atoms with Crippen LogP contribution in [0.25, 0.3) is 0 Å². The Bertz CT molecular complexity index is 643. The molecular formula is C15H17N3O2. The van der Waals surface area contributed by atoms with Crippen LogP contribution >= 0.6 is 0 Å². The summed E-state index contributed by atoms with van der Waals surface area (Å²) in [5, 5.41) is 13.6. The van der Waals surface area contributed by atoms with Gasteiger partial charge in [0.05, 0.1) is 5.69 Å². The lowest BCUT2D eigenvalue weighted by Crippen LogP contribution is -2.22. The average Bonchev–Trinajstić information content (AvgIpc) is 2.65. The normalized spacial score (nSPS) is 21.4. The monoisotopic (exact) mass is 271 g/mol. The molecule has 0 amide bonds. The summed E-state index contributed by atoms with van der Waals surface area (Å²) in [6.07, 6.45) is 1.86. The van der Waals surface area contributed by atoms with E-state index in [1.807, 2.05) is 18.2 Å². The first-order valence-electron chi connectivity index (χ1n) is 6.68. The molecule has 20 heavy (non-hydrogen) atoms. The standard InChI is InChI=1S/C15H17N3O2/c1-18-14(16)12(15(19)20)13(17-18)11-7-10(8-11)9-5-3-2-4-6-9/h2-6,10-11H,7-8,16H2,1H3,(H,19,20). The van der Waals surface area contributed by atoms with Gasteiger partial charge >= 0.3 is 5.97 Å². The zero-order chi connectivity index (χ0) is 14.3. The molecule has 3 N–H and O–H groups in total. The third kappa shape index (κ3) is 1.95. The summed E-state index contributed by atoms with van der Waals surface area (Å²) in [5.74, 6) is -0.0784. The van der Waals surface area contributed by atoms with Crippen molar-refractivity contribution in [2.45, 2.75) is 24.7 Å². The molecule has 0 saturated heterocycles. The second-order valence-corrected chi connectivity index (χ2v) is 5.35. The third-order valence-corrected chi connectivity index (χ3v) is 4.13. The van der Waals surface area contributed by atoms with E-state index in [1.165, 1.54) is 10.2 Å². The Labute approximate surface area is 117 Å². The molecule has 1 aliphatic rings. The van der Waals surface area contributed by atoms with Crippen LogP contribution in [0.15, 0.2) is 30.3 Å². The van der Waals surface area contributed by atoms with Crippen LogP contribution in [0.1, 0.15) is 46.3 Å². The van der Waals surface area contributed by atoms with E-state index < -0.39 is 5.97 Å². The molecule has 0 spiro atoms. The number of hydrogen-bond donors (Lipinski definition) is 2. The van der Waals surface area contributed by atoms with Crippen LogP contribution < -0.4 is 5.73 Å². The molecule has 1 saturated carbocycles. The van der Waals surface area contributed by atoms with E-state index >= 15 is 0 Å². The van der Waals surface area contributed by atoms with E-state index in [0.29, 0.717) is 11.6 Å². The van der Waals surface area contributed by atoms with Crippen LogP contribution in [0.3, 0.4) is 0 Å². The molecule has 1 aromatic carbocycles. The van der Waals surface area contributed by atoms with Gasteiger partial charge in [-0.05, 0) is 24.3 Å². The molecule has 1 aromatic heterocycles. The lowest BCUT2D eigenvalue weighted by Gasteiger charge is -2.35. The first-order valence-corrected chi connectivity index (χ1v) is 6.68. The molecule has 1 aliphatic carbocycles. The van der Waals surface area contributed by atoms with Gasteiger partial charge in [-0.25, -0.2) is 4.79 Å². The fraction of sp³-hybridized carbons (Fsp3) is 0.333. The Morgan fingerprint density at radius 2 is 1.95 bits per heavy atom. The highest BCUT2D eigenvalue weighted by Crippen LogP contribution is 2.48. The zero-order valence-electron chi connectivity index (χ0n) is 11.3. The number of benzene rings is 1. The van der Waals surface area contributed by atoms with Crippen molar-refractivity contribution >= 4 is 11.8 Å². The summed E-state index contributed by atoms with van der Waals surface area (Å²) in [6.45, 7) is 0. The summed E-state index contributed by atoms with van der Waals surface area (Å²) in [5.41, 5.74) is 7.90. The molecule has 0 bridgehead atoms. The predicted molar refractivity (Wildman–Crippen MR) is 75.7 cm³/mol. The smallest absolute Gasteiger partial charge is 0.341 e. The minimum Gasteiger partial charge on any atom is -0.477 e. The molecule has 5 heteroatoms. The fourth-order valence-corrected chi connectivity index (χ4v) is 2.90. The molecule has 0 atom stereocenters. The maximum absolute atomic E-state index is 11.3. The van der Waals surface area contributed by atoms with Crippen molar-refractivity contribution in [2.75, 3.05) is 5.73 Å². The molecule has 0 aliphatic heterocycles. The van der Waals surface area contributed by atoms with Gasteiger partial charge < -0.3 is 10.8 Å². The van der Waals surface area contributed by atoms with Crippen LogP contribution in [0.2, 0.25) is 0 Å². The highest BCUT2D eigenvalue weighted by atomic mass is 16.4. The van der Waals surface area contributed by atoms with Gasteiger partial charge in [-0.1, -0.05) is 30.3 Å². The van der Waals surface area contributed by atoms with Crippen LogP contribution in [0, 0.1) is 0 Å². The topological polar surface area (TPSA) is 81.1 Å². The number of anilines is 1. The number of nitrogens with two attached hydrogens (primary N) is 1. The summed E-state index contributed by atoms with van der Waals surface area (Å²) in [7, 11) is 1.68. The number of nitrogens with zero attached hydrogens (tertiary/aromatic N) is 2. The van der Waals surface area contributed by atoms with Crippen molar-refractivity contribution in [3.05, 3.63) is 47.2 Å². The van der Waals surface area contributed by atoms with E-state index in [-0.39, 0.29) is 17.3 Å². The number of carboxylic acid groups (broad SMARTS) is 1. The summed E-state index contributed by atoms with van der Waals surface area (Å²) in [4.78, 5) is 11.3. The Balaban J connectivity index is 1.81. The van der Waals surface area contributed by atoms with Crippen molar-refractivity contribution in [1.82, 2.24) is 9.78 Å². The van der Waals surface area contributed by atoms with Gasteiger partial charge in [0, 0.05) is 13.0 Å². The first-order chi connectivity index (χ1) is 9.58. The summed E-state index contributed by atoms with van der Waals surface area (Å²) < 4.78 is 1.45.